The highest BCUT2D eigenvalue weighted by molar-refractivity contribution is 5.39. The Morgan fingerprint density at radius 1 is 1.15 bits per heavy atom. The average Bonchev–Trinajstić information content (AvgIpc) is 2.62. The first-order valence-corrected chi connectivity index (χ1v) is 9.73. The highest BCUT2D eigenvalue weighted by Crippen LogP contribution is 2.52. The zero-order valence-electron chi connectivity index (χ0n) is 16.1. The maximum atomic E-state index is 6.63. The van der Waals surface area contributed by atoms with Crippen LogP contribution in [-0.4, -0.2) is 49.0 Å². The third-order valence-electron chi connectivity index (χ3n) is 5.94. The third kappa shape index (κ3) is 3.49. The molecule has 0 N–H and O–H groups in total. The summed E-state index contributed by atoms with van der Waals surface area (Å²) in [5, 5.41) is 0. The van der Waals surface area contributed by atoms with Gasteiger partial charge in [-0.15, -0.1) is 0 Å². The van der Waals surface area contributed by atoms with Crippen molar-refractivity contribution in [3.8, 4) is 17.6 Å². The molecule has 26 heavy (non-hydrogen) atoms. The molecule has 0 radical (unpaired) electrons. The molecule has 0 aliphatic carbocycles. The first-order valence-electron chi connectivity index (χ1n) is 9.73. The van der Waals surface area contributed by atoms with Crippen LogP contribution in [0.1, 0.15) is 45.3 Å². The first kappa shape index (κ1) is 17.9. The van der Waals surface area contributed by atoms with Gasteiger partial charge in [-0.25, -0.2) is 0 Å². The molecule has 2 fully saturated rings. The Morgan fingerprint density at radius 2 is 1.92 bits per heavy atom. The fourth-order valence-electron chi connectivity index (χ4n) is 4.35. The molecule has 4 rings (SSSR count). The number of fused-ring (bicyclic) bond motifs is 3. The van der Waals surface area contributed by atoms with E-state index in [1.54, 1.807) is 0 Å². The maximum Gasteiger partial charge on any atom is 0.126 e. The first-order chi connectivity index (χ1) is 12.5. The minimum absolute atomic E-state index is 0.0476. The van der Waals surface area contributed by atoms with E-state index < -0.39 is 5.60 Å². The molecule has 0 bridgehead atoms. The predicted octanol–water partition coefficient (Wildman–Crippen LogP) is 3.42. The average molecular weight is 355 g/mol. The van der Waals surface area contributed by atoms with E-state index in [0.717, 1.165) is 57.0 Å². The van der Waals surface area contributed by atoms with Crippen LogP contribution in [0.25, 0.3) is 0 Å². The molecule has 3 aliphatic rings. The van der Waals surface area contributed by atoms with Gasteiger partial charge in [0.2, 0.25) is 0 Å². The van der Waals surface area contributed by atoms with Crippen LogP contribution < -0.4 is 4.74 Å². The normalized spacial score (nSPS) is 33.2. The van der Waals surface area contributed by atoms with E-state index in [2.05, 4.69) is 49.6 Å². The lowest BCUT2D eigenvalue weighted by Crippen LogP contribution is -2.50. The van der Waals surface area contributed by atoms with Crippen molar-refractivity contribution in [2.24, 2.45) is 5.92 Å². The summed E-state index contributed by atoms with van der Waals surface area (Å²) in [5.41, 5.74) is 0.549. The highest BCUT2D eigenvalue weighted by atomic mass is 16.5. The Morgan fingerprint density at radius 3 is 2.73 bits per heavy atom. The van der Waals surface area contributed by atoms with Crippen molar-refractivity contribution in [1.29, 1.82) is 0 Å². The quantitative estimate of drug-likeness (QED) is 0.723. The van der Waals surface area contributed by atoms with Gasteiger partial charge in [0.1, 0.15) is 17.0 Å². The SMILES string of the molecule is CC1(C)Oc2ccccc2[C@@H]2O[C@](C)(C#CCN3CCOCC3)CC[C@@H]21. The van der Waals surface area contributed by atoms with E-state index in [-0.39, 0.29) is 11.7 Å². The van der Waals surface area contributed by atoms with Crippen LogP contribution in [0.2, 0.25) is 0 Å². The van der Waals surface area contributed by atoms with E-state index in [1.165, 1.54) is 0 Å². The van der Waals surface area contributed by atoms with E-state index >= 15 is 0 Å². The van der Waals surface area contributed by atoms with Gasteiger partial charge in [0.25, 0.3) is 0 Å². The summed E-state index contributed by atoms with van der Waals surface area (Å²) in [6.07, 6.45) is 2.06. The minimum atomic E-state index is -0.395. The van der Waals surface area contributed by atoms with Crippen molar-refractivity contribution in [2.45, 2.75) is 50.9 Å². The molecule has 0 spiro atoms. The van der Waals surface area contributed by atoms with Gasteiger partial charge in [0.05, 0.1) is 25.9 Å². The smallest absolute Gasteiger partial charge is 0.126 e. The van der Waals surface area contributed by atoms with Crippen molar-refractivity contribution in [3.05, 3.63) is 29.8 Å². The summed E-state index contributed by atoms with van der Waals surface area (Å²) in [4.78, 5) is 2.35. The van der Waals surface area contributed by atoms with Crippen LogP contribution in [0.3, 0.4) is 0 Å². The summed E-state index contributed by atoms with van der Waals surface area (Å²) < 4.78 is 18.3. The van der Waals surface area contributed by atoms with E-state index in [4.69, 9.17) is 14.2 Å². The molecule has 1 aromatic rings. The monoisotopic (exact) mass is 355 g/mol. The standard InChI is InChI=1S/C22H29NO3/c1-21(2)18-9-11-22(3,10-6-12-23-13-15-24-16-14-23)26-20(18)17-7-4-5-8-19(17)25-21/h4-5,7-8,18,20H,9,11-16H2,1-3H3/t18-,20-,22+/m0/s1. The lowest BCUT2D eigenvalue weighted by Gasteiger charge is -2.50. The zero-order valence-corrected chi connectivity index (χ0v) is 16.1. The second-order valence-electron chi connectivity index (χ2n) is 8.35. The molecule has 0 unspecified atom stereocenters. The largest absolute Gasteiger partial charge is 0.487 e. The molecule has 0 aromatic heterocycles. The molecule has 4 heteroatoms. The van der Waals surface area contributed by atoms with Crippen molar-refractivity contribution in [2.75, 3.05) is 32.8 Å². The van der Waals surface area contributed by atoms with Gasteiger partial charge in [0, 0.05) is 24.6 Å². The number of hydrogen-bond donors (Lipinski definition) is 0. The summed E-state index contributed by atoms with van der Waals surface area (Å²) in [5.74, 6) is 8.11. The molecule has 0 saturated carbocycles. The van der Waals surface area contributed by atoms with Crippen LogP contribution in [0.5, 0.6) is 5.75 Å². The summed E-state index contributed by atoms with van der Waals surface area (Å²) in [7, 11) is 0. The van der Waals surface area contributed by atoms with Crippen molar-refractivity contribution in [1.82, 2.24) is 4.90 Å². The molecule has 4 nitrogen and oxygen atoms in total. The number of benzene rings is 1. The van der Waals surface area contributed by atoms with Gasteiger partial charge < -0.3 is 14.2 Å². The zero-order chi connectivity index (χ0) is 18.2. The van der Waals surface area contributed by atoms with Gasteiger partial charge in [-0.2, -0.15) is 0 Å². The Balaban J connectivity index is 1.52. The molecular formula is C22H29NO3. The molecule has 3 aliphatic heterocycles. The van der Waals surface area contributed by atoms with Gasteiger partial charge in [-0.1, -0.05) is 30.0 Å². The van der Waals surface area contributed by atoms with E-state index in [1.807, 2.05) is 12.1 Å². The molecule has 0 amide bonds. The van der Waals surface area contributed by atoms with Crippen LogP contribution in [0, 0.1) is 17.8 Å². The second kappa shape index (κ2) is 6.88. The van der Waals surface area contributed by atoms with Gasteiger partial charge in [-0.3, -0.25) is 4.90 Å². The number of ether oxygens (including phenoxy) is 3. The number of para-hydroxylation sites is 1. The molecule has 2 saturated heterocycles. The molecule has 3 atom stereocenters. The minimum Gasteiger partial charge on any atom is -0.487 e. The lowest BCUT2D eigenvalue weighted by atomic mass is 9.73. The van der Waals surface area contributed by atoms with E-state index in [0.29, 0.717) is 5.92 Å². The van der Waals surface area contributed by atoms with Crippen LogP contribution in [0.4, 0.5) is 0 Å². The molecule has 3 heterocycles. The second-order valence-corrected chi connectivity index (χ2v) is 8.35. The van der Waals surface area contributed by atoms with Gasteiger partial charge in [0.15, 0.2) is 0 Å². The maximum absolute atomic E-state index is 6.63. The number of hydrogen-bond acceptors (Lipinski definition) is 4. The Kier molecular flexibility index (Phi) is 4.73. The van der Waals surface area contributed by atoms with Crippen LogP contribution in [0.15, 0.2) is 24.3 Å². The number of rotatable bonds is 1. The Labute approximate surface area is 156 Å². The number of nitrogens with zero attached hydrogens (tertiary/aromatic N) is 1. The van der Waals surface area contributed by atoms with Crippen molar-refractivity contribution >= 4 is 0 Å². The predicted molar refractivity (Wildman–Crippen MR) is 101 cm³/mol. The van der Waals surface area contributed by atoms with E-state index in [9.17, 15) is 0 Å². The number of morpholine rings is 1. The highest BCUT2D eigenvalue weighted by Gasteiger charge is 2.49. The topological polar surface area (TPSA) is 30.9 Å². The fraction of sp³-hybridized carbons (Fsp3) is 0.636. The van der Waals surface area contributed by atoms with Crippen LogP contribution in [-0.2, 0) is 9.47 Å². The summed E-state index contributed by atoms with van der Waals surface area (Å²) >= 11 is 0. The Bertz CT molecular complexity index is 714. The van der Waals surface area contributed by atoms with Gasteiger partial charge in [-0.05, 0) is 39.7 Å². The fourth-order valence-corrected chi connectivity index (χ4v) is 4.35. The van der Waals surface area contributed by atoms with Gasteiger partial charge >= 0.3 is 0 Å². The van der Waals surface area contributed by atoms with Crippen molar-refractivity contribution in [3.63, 3.8) is 0 Å². The molecule has 140 valence electrons. The molecular weight excluding hydrogens is 326 g/mol. The Hall–Kier alpha value is -1.54. The third-order valence-corrected chi connectivity index (χ3v) is 5.94. The lowest BCUT2D eigenvalue weighted by molar-refractivity contribution is -0.169. The molecule has 1 aromatic carbocycles. The van der Waals surface area contributed by atoms with Crippen molar-refractivity contribution < 1.29 is 14.2 Å². The summed E-state index contributed by atoms with van der Waals surface area (Å²) in [6.45, 7) is 10.8. The van der Waals surface area contributed by atoms with Crippen LogP contribution >= 0.6 is 0 Å². The summed E-state index contributed by atoms with van der Waals surface area (Å²) in [6, 6.07) is 8.28.